The fourth-order valence-corrected chi connectivity index (χ4v) is 2.77. The van der Waals surface area contributed by atoms with Crippen molar-refractivity contribution in [3.63, 3.8) is 0 Å². The highest BCUT2D eigenvalue weighted by Gasteiger charge is 2.22. The highest BCUT2D eigenvalue weighted by Crippen LogP contribution is 2.22. The third kappa shape index (κ3) is 5.20. The second kappa shape index (κ2) is 7.50. The molecule has 0 saturated carbocycles. The zero-order chi connectivity index (χ0) is 14.3. The Morgan fingerprint density at radius 1 is 1.42 bits per heavy atom. The molecule has 19 heavy (non-hydrogen) atoms. The number of hydrogen-bond donors (Lipinski definition) is 3. The molecule has 0 spiro atoms. The van der Waals surface area contributed by atoms with Crippen molar-refractivity contribution in [3.05, 3.63) is 21.9 Å². The summed E-state index contributed by atoms with van der Waals surface area (Å²) in [5.41, 5.74) is 5.41. The van der Waals surface area contributed by atoms with Crippen LogP contribution in [0.2, 0.25) is 0 Å². The van der Waals surface area contributed by atoms with Crippen LogP contribution in [0.1, 0.15) is 43.4 Å². The minimum Gasteiger partial charge on any atom is -0.409 e. The van der Waals surface area contributed by atoms with Gasteiger partial charge in [0.25, 0.3) is 0 Å². The molecule has 4 nitrogen and oxygen atoms in total. The highest BCUT2D eigenvalue weighted by atomic mass is 32.1. The second-order valence-corrected chi connectivity index (χ2v) is 6.62. The zero-order valence-electron chi connectivity index (χ0n) is 12.1. The lowest BCUT2D eigenvalue weighted by molar-refractivity contribution is 0.304. The van der Waals surface area contributed by atoms with Crippen LogP contribution in [0.15, 0.2) is 17.3 Å². The van der Waals surface area contributed by atoms with Gasteiger partial charge in [-0.15, -0.1) is 11.3 Å². The van der Waals surface area contributed by atoms with E-state index in [-0.39, 0.29) is 5.41 Å². The Bertz CT molecular complexity index is 413. The first-order chi connectivity index (χ1) is 8.99. The van der Waals surface area contributed by atoms with Gasteiger partial charge >= 0.3 is 0 Å². The van der Waals surface area contributed by atoms with Gasteiger partial charge in [0.1, 0.15) is 5.84 Å². The van der Waals surface area contributed by atoms with E-state index >= 15 is 0 Å². The van der Waals surface area contributed by atoms with Crippen molar-refractivity contribution >= 4 is 17.2 Å². The number of nitrogens with two attached hydrogens (primary N) is 1. The molecule has 1 aromatic heterocycles. The summed E-state index contributed by atoms with van der Waals surface area (Å²) in [4.78, 5) is 2.82. The lowest BCUT2D eigenvalue weighted by atomic mass is 9.86. The molecule has 0 aliphatic carbocycles. The fraction of sp³-hybridized carbons (Fsp3) is 0.643. The Morgan fingerprint density at radius 2 is 2.11 bits per heavy atom. The molecule has 0 bridgehead atoms. The summed E-state index contributed by atoms with van der Waals surface area (Å²) in [6, 6.07) is 4.39. The largest absolute Gasteiger partial charge is 0.409 e. The number of hydrogen-bond acceptors (Lipinski definition) is 4. The van der Waals surface area contributed by atoms with Crippen LogP contribution < -0.4 is 11.1 Å². The van der Waals surface area contributed by atoms with Crippen LogP contribution in [0.25, 0.3) is 0 Å². The van der Waals surface area contributed by atoms with Crippen LogP contribution in [-0.2, 0) is 13.0 Å². The molecule has 1 heterocycles. The summed E-state index contributed by atoms with van der Waals surface area (Å²) in [6.45, 7) is 8.04. The lowest BCUT2D eigenvalue weighted by Gasteiger charge is -2.22. The molecule has 0 aliphatic rings. The quantitative estimate of drug-likeness (QED) is 0.226. The Balaban J connectivity index is 2.21. The molecular weight excluding hydrogens is 258 g/mol. The molecule has 4 N–H and O–H groups in total. The maximum Gasteiger partial charge on any atom is 0.144 e. The second-order valence-electron chi connectivity index (χ2n) is 5.37. The maximum atomic E-state index is 8.70. The van der Waals surface area contributed by atoms with E-state index in [4.69, 9.17) is 10.9 Å². The van der Waals surface area contributed by atoms with Crippen molar-refractivity contribution < 1.29 is 5.21 Å². The molecule has 108 valence electrons. The smallest absolute Gasteiger partial charge is 0.144 e. The number of amidine groups is 1. The summed E-state index contributed by atoms with van der Waals surface area (Å²) in [5.74, 6) is 0.304. The number of aryl methyl sites for hydroxylation is 1. The maximum absolute atomic E-state index is 8.70. The zero-order valence-corrected chi connectivity index (χ0v) is 12.9. The molecule has 5 heteroatoms. The summed E-state index contributed by atoms with van der Waals surface area (Å²) in [7, 11) is 0. The van der Waals surface area contributed by atoms with Crippen molar-refractivity contribution in [2.24, 2.45) is 16.3 Å². The van der Waals surface area contributed by atoms with E-state index in [1.165, 1.54) is 9.75 Å². The number of nitrogens with one attached hydrogen (secondary N) is 1. The van der Waals surface area contributed by atoms with E-state index in [1.54, 1.807) is 0 Å². The van der Waals surface area contributed by atoms with Crippen molar-refractivity contribution in [1.29, 1.82) is 0 Å². The van der Waals surface area contributed by atoms with Crippen molar-refractivity contribution in [2.75, 3.05) is 6.54 Å². The van der Waals surface area contributed by atoms with Crippen LogP contribution in [0.3, 0.4) is 0 Å². The average Bonchev–Trinajstić information content (AvgIpc) is 2.85. The molecule has 0 amide bonds. The first-order valence-electron chi connectivity index (χ1n) is 6.76. The molecule has 0 fully saturated rings. The van der Waals surface area contributed by atoms with Gasteiger partial charge in [0.15, 0.2) is 0 Å². The van der Waals surface area contributed by atoms with E-state index in [0.29, 0.717) is 5.84 Å². The molecule has 0 aliphatic heterocycles. The molecule has 0 radical (unpaired) electrons. The van der Waals surface area contributed by atoms with Crippen molar-refractivity contribution in [1.82, 2.24) is 5.32 Å². The summed E-state index contributed by atoms with van der Waals surface area (Å²) < 4.78 is 0. The van der Waals surface area contributed by atoms with Gasteiger partial charge in [0.05, 0.1) is 0 Å². The Labute approximate surface area is 119 Å². The van der Waals surface area contributed by atoms with E-state index in [0.717, 1.165) is 32.4 Å². The van der Waals surface area contributed by atoms with E-state index < -0.39 is 0 Å². The van der Waals surface area contributed by atoms with Gasteiger partial charge in [0, 0.05) is 21.7 Å². The Kier molecular flexibility index (Phi) is 6.31. The summed E-state index contributed by atoms with van der Waals surface area (Å²) >= 11 is 1.87. The predicted molar refractivity (Wildman–Crippen MR) is 81.8 cm³/mol. The van der Waals surface area contributed by atoms with Crippen LogP contribution in [0, 0.1) is 5.41 Å². The third-order valence-electron chi connectivity index (χ3n) is 3.32. The fourth-order valence-electron chi connectivity index (χ4n) is 1.84. The van der Waals surface area contributed by atoms with Gasteiger partial charge in [0.2, 0.25) is 0 Å². The highest BCUT2D eigenvalue weighted by molar-refractivity contribution is 7.11. The van der Waals surface area contributed by atoms with Crippen molar-refractivity contribution in [2.45, 2.75) is 46.6 Å². The van der Waals surface area contributed by atoms with Gasteiger partial charge in [-0.05, 0) is 37.9 Å². The van der Waals surface area contributed by atoms with Crippen LogP contribution in [0.4, 0.5) is 0 Å². The van der Waals surface area contributed by atoms with Gasteiger partial charge in [-0.25, -0.2) is 0 Å². The van der Waals surface area contributed by atoms with E-state index in [9.17, 15) is 0 Å². The summed E-state index contributed by atoms with van der Waals surface area (Å²) in [6.07, 6.45) is 3.02. The lowest BCUT2D eigenvalue weighted by Crippen LogP contribution is -2.32. The Morgan fingerprint density at radius 3 is 2.68 bits per heavy atom. The normalized spacial score (nSPS) is 12.9. The van der Waals surface area contributed by atoms with Crippen LogP contribution >= 0.6 is 11.3 Å². The first kappa shape index (κ1) is 16.0. The molecule has 0 aromatic carbocycles. The standard InChI is InChI=1S/C14H25N3OS/c1-4-11-6-7-12(19-11)10-16-9-5-8-14(2,3)13(15)17-18/h6-7,16,18H,4-5,8-10H2,1-3H3,(H2,15,17). The van der Waals surface area contributed by atoms with Crippen LogP contribution in [0.5, 0.6) is 0 Å². The SMILES string of the molecule is CCc1ccc(CNCCCC(C)(C)/C(N)=N/O)s1. The third-order valence-corrected chi connectivity index (χ3v) is 4.55. The predicted octanol–water partition coefficient (Wildman–Crippen LogP) is 2.95. The molecule has 0 unspecified atom stereocenters. The molecule has 1 rings (SSSR count). The monoisotopic (exact) mass is 283 g/mol. The molecule has 1 aromatic rings. The first-order valence-corrected chi connectivity index (χ1v) is 7.57. The number of thiophene rings is 1. The van der Waals surface area contributed by atoms with E-state index in [1.807, 2.05) is 25.2 Å². The van der Waals surface area contributed by atoms with Gasteiger partial charge < -0.3 is 16.3 Å². The Hall–Kier alpha value is -1.07. The van der Waals surface area contributed by atoms with Gasteiger partial charge in [-0.3, -0.25) is 0 Å². The minimum absolute atomic E-state index is 0.241. The topological polar surface area (TPSA) is 70.6 Å². The van der Waals surface area contributed by atoms with Crippen molar-refractivity contribution in [3.8, 4) is 0 Å². The molecule has 0 saturated heterocycles. The van der Waals surface area contributed by atoms with E-state index in [2.05, 4.69) is 29.5 Å². The van der Waals surface area contributed by atoms with Gasteiger partial charge in [-0.1, -0.05) is 25.9 Å². The average molecular weight is 283 g/mol. The number of rotatable bonds is 8. The summed E-state index contributed by atoms with van der Waals surface area (Å²) in [5, 5.41) is 15.2. The number of nitrogens with zero attached hydrogens (tertiary/aromatic N) is 1. The number of oxime groups is 1. The molecular formula is C14H25N3OS. The van der Waals surface area contributed by atoms with Gasteiger partial charge in [-0.2, -0.15) is 0 Å². The van der Waals surface area contributed by atoms with Crippen LogP contribution in [-0.4, -0.2) is 17.6 Å². The minimum atomic E-state index is -0.241. The molecule has 0 atom stereocenters.